The van der Waals surface area contributed by atoms with Crippen molar-refractivity contribution in [1.82, 2.24) is 0 Å². The summed E-state index contributed by atoms with van der Waals surface area (Å²) >= 11 is 0. The molecule has 0 heterocycles. The van der Waals surface area contributed by atoms with Crippen molar-refractivity contribution in [3.8, 4) is 23.0 Å². The average Bonchev–Trinajstić information content (AvgIpc) is 2.59. The van der Waals surface area contributed by atoms with Gasteiger partial charge in [0, 0.05) is 0 Å². The van der Waals surface area contributed by atoms with Gasteiger partial charge in [-0.3, -0.25) is 0 Å². The Morgan fingerprint density at radius 1 is 0.609 bits per heavy atom. The highest BCUT2D eigenvalue weighted by Crippen LogP contribution is 2.43. The van der Waals surface area contributed by atoms with Gasteiger partial charge in [0.2, 0.25) is 9.84 Å². The molecule has 0 saturated heterocycles. The Hall–Kier alpha value is -2.41. The fraction of sp³-hybridized carbons (Fsp3) is 0.250. The number of rotatable bonds is 6. The van der Waals surface area contributed by atoms with Crippen molar-refractivity contribution in [1.29, 1.82) is 0 Å². The Balaban J connectivity index is 2.85. The topological polar surface area (TPSA) is 71.1 Å². The minimum atomic E-state index is -4.01. The summed E-state index contributed by atoms with van der Waals surface area (Å²) in [6.07, 6.45) is 0. The maximum atomic E-state index is 13.2. The van der Waals surface area contributed by atoms with Crippen LogP contribution in [0.3, 0.4) is 0 Å². The number of hydrogen-bond acceptors (Lipinski definition) is 6. The van der Waals surface area contributed by atoms with Gasteiger partial charge in [0.1, 0.15) is 23.0 Å². The summed E-state index contributed by atoms with van der Waals surface area (Å²) in [6.45, 7) is 0. The first-order valence-corrected chi connectivity index (χ1v) is 8.16. The van der Waals surface area contributed by atoms with Crippen LogP contribution in [-0.4, -0.2) is 36.9 Å². The maximum Gasteiger partial charge on any atom is 0.221 e. The number of hydrogen-bond donors (Lipinski definition) is 0. The van der Waals surface area contributed by atoms with Crippen LogP contribution in [0.1, 0.15) is 0 Å². The van der Waals surface area contributed by atoms with E-state index in [1.165, 1.54) is 28.4 Å². The minimum absolute atomic E-state index is 0.0761. The van der Waals surface area contributed by atoms with Gasteiger partial charge in [-0.05, 0) is 24.3 Å². The Labute approximate surface area is 135 Å². The van der Waals surface area contributed by atoms with Crippen molar-refractivity contribution < 1.29 is 27.4 Å². The van der Waals surface area contributed by atoms with E-state index in [1.807, 2.05) is 0 Å². The summed E-state index contributed by atoms with van der Waals surface area (Å²) in [5.74, 6) is 0.712. The molecule has 0 aliphatic heterocycles. The monoisotopic (exact) mass is 338 g/mol. The fourth-order valence-electron chi connectivity index (χ4n) is 2.27. The summed E-state index contributed by atoms with van der Waals surface area (Å²) < 4.78 is 47.3. The Morgan fingerprint density at radius 2 is 0.870 bits per heavy atom. The third kappa shape index (κ3) is 2.92. The molecule has 0 N–H and O–H groups in total. The van der Waals surface area contributed by atoms with Crippen LogP contribution in [0.15, 0.2) is 46.2 Å². The van der Waals surface area contributed by atoms with E-state index >= 15 is 0 Å². The van der Waals surface area contributed by atoms with E-state index in [9.17, 15) is 8.42 Å². The molecule has 0 amide bonds. The van der Waals surface area contributed by atoms with Crippen LogP contribution in [0.5, 0.6) is 23.0 Å². The summed E-state index contributed by atoms with van der Waals surface area (Å²) in [5.41, 5.74) is 0. The van der Waals surface area contributed by atoms with Crippen molar-refractivity contribution in [3.05, 3.63) is 36.4 Å². The molecular formula is C16H18O6S. The normalized spacial score (nSPS) is 11.0. The number of methoxy groups -OCH3 is 4. The van der Waals surface area contributed by atoms with Gasteiger partial charge in [-0.1, -0.05) is 12.1 Å². The van der Waals surface area contributed by atoms with Crippen LogP contribution in [-0.2, 0) is 9.84 Å². The number of benzene rings is 2. The van der Waals surface area contributed by atoms with Gasteiger partial charge < -0.3 is 18.9 Å². The van der Waals surface area contributed by atoms with Crippen molar-refractivity contribution in [2.75, 3.05) is 28.4 Å². The molecule has 2 rings (SSSR count). The lowest BCUT2D eigenvalue weighted by Crippen LogP contribution is -2.09. The van der Waals surface area contributed by atoms with Crippen LogP contribution in [0.25, 0.3) is 0 Å². The van der Waals surface area contributed by atoms with Crippen molar-refractivity contribution >= 4 is 9.84 Å². The van der Waals surface area contributed by atoms with Gasteiger partial charge in [-0.25, -0.2) is 8.42 Å². The molecule has 0 spiro atoms. The molecule has 23 heavy (non-hydrogen) atoms. The molecule has 0 unspecified atom stereocenters. The quantitative estimate of drug-likeness (QED) is 0.806. The Kier molecular flexibility index (Phi) is 5.00. The average molecular weight is 338 g/mol. The highest BCUT2D eigenvalue weighted by atomic mass is 32.2. The van der Waals surface area contributed by atoms with Crippen LogP contribution in [0.4, 0.5) is 0 Å². The summed E-state index contributed by atoms with van der Waals surface area (Å²) in [6, 6.07) is 9.51. The molecule has 0 aliphatic rings. The van der Waals surface area contributed by atoms with Crippen LogP contribution < -0.4 is 18.9 Å². The first kappa shape index (κ1) is 17.0. The molecule has 0 bridgehead atoms. The highest BCUT2D eigenvalue weighted by Gasteiger charge is 2.32. The van der Waals surface area contributed by atoms with E-state index in [4.69, 9.17) is 18.9 Å². The second kappa shape index (κ2) is 6.78. The second-order valence-electron chi connectivity index (χ2n) is 4.49. The molecule has 6 nitrogen and oxygen atoms in total. The number of ether oxygens (including phenoxy) is 4. The third-order valence-corrected chi connectivity index (χ3v) is 5.18. The van der Waals surface area contributed by atoms with E-state index in [-0.39, 0.29) is 32.8 Å². The molecule has 7 heteroatoms. The van der Waals surface area contributed by atoms with Gasteiger partial charge in [-0.2, -0.15) is 0 Å². The van der Waals surface area contributed by atoms with E-state index in [0.717, 1.165) is 0 Å². The lowest BCUT2D eigenvalue weighted by Gasteiger charge is -2.17. The lowest BCUT2D eigenvalue weighted by atomic mass is 10.3. The molecule has 0 fully saturated rings. The van der Waals surface area contributed by atoms with Crippen LogP contribution in [0, 0.1) is 0 Å². The maximum absolute atomic E-state index is 13.2. The zero-order valence-electron chi connectivity index (χ0n) is 13.3. The van der Waals surface area contributed by atoms with E-state index in [1.54, 1.807) is 36.4 Å². The molecule has 0 aromatic heterocycles. The SMILES string of the molecule is COc1cccc(OC)c1S(=O)(=O)c1c(OC)cccc1OC. The first-order valence-electron chi connectivity index (χ1n) is 6.68. The molecule has 0 atom stereocenters. The molecule has 0 saturated carbocycles. The highest BCUT2D eigenvalue weighted by molar-refractivity contribution is 7.92. The Bertz CT molecular complexity index is 692. The summed E-state index contributed by atoms with van der Waals surface area (Å²) in [4.78, 5) is -0.152. The standard InChI is InChI=1S/C16H18O6S/c1-19-11-7-5-8-12(20-2)15(11)23(17,18)16-13(21-3)9-6-10-14(16)22-4/h5-10H,1-4H3. The molecule has 2 aromatic rings. The fourth-order valence-corrected chi connectivity index (χ4v) is 4.14. The van der Waals surface area contributed by atoms with Crippen LogP contribution >= 0.6 is 0 Å². The largest absolute Gasteiger partial charge is 0.495 e. The predicted molar refractivity (Wildman–Crippen MR) is 84.5 cm³/mol. The molecule has 124 valence electrons. The molecule has 2 aromatic carbocycles. The van der Waals surface area contributed by atoms with E-state index < -0.39 is 9.84 Å². The lowest BCUT2D eigenvalue weighted by molar-refractivity contribution is 0.366. The molecule has 0 radical (unpaired) electrons. The third-order valence-electron chi connectivity index (χ3n) is 3.30. The molecule has 0 aliphatic carbocycles. The minimum Gasteiger partial charge on any atom is -0.495 e. The second-order valence-corrected chi connectivity index (χ2v) is 6.31. The van der Waals surface area contributed by atoms with Crippen molar-refractivity contribution in [2.24, 2.45) is 0 Å². The first-order chi connectivity index (χ1) is 11.0. The van der Waals surface area contributed by atoms with Crippen LogP contribution in [0.2, 0.25) is 0 Å². The zero-order chi connectivity index (χ0) is 17.0. The van der Waals surface area contributed by atoms with Gasteiger partial charge in [-0.15, -0.1) is 0 Å². The van der Waals surface area contributed by atoms with Gasteiger partial charge >= 0.3 is 0 Å². The Morgan fingerprint density at radius 3 is 1.09 bits per heavy atom. The van der Waals surface area contributed by atoms with Gasteiger partial charge in [0.25, 0.3) is 0 Å². The number of sulfone groups is 1. The summed E-state index contributed by atoms with van der Waals surface area (Å²) in [5, 5.41) is 0. The molecular weight excluding hydrogens is 320 g/mol. The van der Waals surface area contributed by atoms with Gasteiger partial charge in [0.05, 0.1) is 28.4 Å². The smallest absolute Gasteiger partial charge is 0.221 e. The van der Waals surface area contributed by atoms with E-state index in [2.05, 4.69) is 0 Å². The van der Waals surface area contributed by atoms with E-state index in [0.29, 0.717) is 0 Å². The van der Waals surface area contributed by atoms with Crippen molar-refractivity contribution in [2.45, 2.75) is 9.79 Å². The summed E-state index contributed by atoms with van der Waals surface area (Å²) in [7, 11) is 1.57. The zero-order valence-corrected chi connectivity index (χ0v) is 14.1. The predicted octanol–water partition coefficient (Wildman–Crippen LogP) is 2.55. The van der Waals surface area contributed by atoms with Gasteiger partial charge in [0.15, 0.2) is 9.79 Å². The van der Waals surface area contributed by atoms with Crippen molar-refractivity contribution in [3.63, 3.8) is 0 Å².